The van der Waals surface area contributed by atoms with E-state index in [0.717, 1.165) is 18.0 Å². The number of hydrogen-bond donors (Lipinski definition) is 1. The summed E-state index contributed by atoms with van der Waals surface area (Å²) in [5.41, 5.74) is 2.90. The molecule has 2 saturated carbocycles. The predicted molar refractivity (Wildman–Crippen MR) is 76.3 cm³/mol. The molecule has 2 aliphatic carbocycles. The fraction of sp³-hybridized carbons (Fsp3) is 0.714. The maximum absolute atomic E-state index is 12.3. The SMILES string of the molecule is C[C@H](C1CC1)N(C(=O)NCCc1cscn1)C1CC1. The number of carbonyl (C=O) groups excluding carboxylic acids is 1. The van der Waals surface area contributed by atoms with Crippen LogP contribution >= 0.6 is 11.3 Å². The molecule has 0 aliphatic heterocycles. The standard InChI is InChI=1S/C14H21N3OS/c1-10(11-2-3-11)17(13-4-5-13)14(18)15-7-6-12-8-19-9-16-12/h8-11,13H,2-7H2,1H3,(H,15,18)/t10-/m1/s1. The van der Waals surface area contributed by atoms with Crippen molar-refractivity contribution in [2.45, 2.75) is 51.1 Å². The van der Waals surface area contributed by atoms with Crippen LogP contribution in [0.5, 0.6) is 0 Å². The summed E-state index contributed by atoms with van der Waals surface area (Å²) in [5, 5.41) is 5.10. The Kier molecular flexibility index (Phi) is 3.73. The zero-order chi connectivity index (χ0) is 13.2. The molecular formula is C14H21N3OS. The van der Waals surface area contributed by atoms with E-state index in [0.29, 0.717) is 18.6 Å². The highest BCUT2D eigenvalue weighted by Crippen LogP contribution is 2.39. The van der Waals surface area contributed by atoms with Crippen LogP contribution < -0.4 is 5.32 Å². The highest BCUT2D eigenvalue weighted by atomic mass is 32.1. The van der Waals surface area contributed by atoms with Crippen molar-refractivity contribution in [1.29, 1.82) is 0 Å². The van der Waals surface area contributed by atoms with Crippen molar-refractivity contribution in [3.05, 3.63) is 16.6 Å². The molecule has 19 heavy (non-hydrogen) atoms. The number of rotatable bonds is 6. The number of thiazole rings is 1. The maximum Gasteiger partial charge on any atom is 0.317 e. The second-order valence-electron chi connectivity index (χ2n) is 5.68. The van der Waals surface area contributed by atoms with E-state index in [1.165, 1.54) is 25.7 Å². The summed E-state index contributed by atoms with van der Waals surface area (Å²) in [6.07, 6.45) is 5.76. The van der Waals surface area contributed by atoms with Crippen LogP contribution in [0.25, 0.3) is 0 Å². The van der Waals surface area contributed by atoms with Gasteiger partial charge in [0.05, 0.1) is 11.2 Å². The average molecular weight is 279 g/mol. The van der Waals surface area contributed by atoms with Gasteiger partial charge >= 0.3 is 6.03 Å². The Morgan fingerprint density at radius 1 is 1.53 bits per heavy atom. The summed E-state index contributed by atoms with van der Waals surface area (Å²) in [5.74, 6) is 0.741. The quantitative estimate of drug-likeness (QED) is 0.870. The van der Waals surface area contributed by atoms with E-state index in [1.54, 1.807) is 11.3 Å². The Morgan fingerprint density at radius 3 is 2.89 bits per heavy atom. The molecule has 1 aromatic rings. The van der Waals surface area contributed by atoms with E-state index >= 15 is 0 Å². The van der Waals surface area contributed by atoms with Crippen LogP contribution in [0.3, 0.4) is 0 Å². The number of amides is 2. The average Bonchev–Trinajstić information content (AvgIpc) is 3.30. The second-order valence-corrected chi connectivity index (χ2v) is 6.40. The first-order valence-corrected chi connectivity index (χ1v) is 8.13. The lowest BCUT2D eigenvalue weighted by atomic mass is 10.2. The zero-order valence-corrected chi connectivity index (χ0v) is 12.2. The minimum atomic E-state index is 0.122. The summed E-state index contributed by atoms with van der Waals surface area (Å²) in [6, 6.07) is 1.03. The van der Waals surface area contributed by atoms with Gasteiger partial charge in [-0.05, 0) is 38.5 Å². The lowest BCUT2D eigenvalue weighted by molar-refractivity contribution is 0.167. The van der Waals surface area contributed by atoms with Crippen LogP contribution in [0.15, 0.2) is 10.9 Å². The van der Waals surface area contributed by atoms with Crippen molar-refractivity contribution < 1.29 is 4.79 Å². The molecule has 2 fully saturated rings. The lowest BCUT2D eigenvalue weighted by Crippen LogP contribution is -2.47. The zero-order valence-electron chi connectivity index (χ0n) is 11.3. The molecule has 3 rings (SSSR count). The molecule has 1 aromatic heterocycles. The first-order chi connectivity index (χ1) is 9.25. The molecule has 104 valence electrons. The molecule has 0 unspecified atom stereocenters. The van der Waals surface area contributed by atoms with Crippen molar-refractivity contribution in [3.63, 3.8) is 0 Å². The molecule has 2 amide bonds. The third-order valence-corrected chi connectivity index (χ3v) is 4.69. The molecule has 0 saturated heterocycles. The van der Waals surface area contributed by atoms with Crippen LogP contribution in [0, 0.1) is 5.92 Å². The van der Waals surface area contributed by atoms with Gasteiger partial charge in [0.1, 0.15) is 0 Å². The molecule has 1 atom stereocenters. The largest absolute Gasteiger partial charge is 0.338 e. The molecule has 0 radical (unpaired) electrons. The first kappa shape index (κ1) is 12.9. The number of nitrogens with zero attached hydrogens (tertiary/aromatic N) is 2. The van der Waals surface area contributed by atoms with Gasteiger partial charge < -0.3 is 10.2 Å². The Hall–Kier alpha value is -1.10. The fourth-order valence-corrected chi connectivity index (χ4v) is 3.18. The van der Waals surface area contributed by atoms with Crippen molar-refractivity contribution in [2.24, 2.45) is 5.92 Å². The van der Waals surface area contributed by atoms with Gasteiger partial charge in [-0.25, -0.2) is 9.78 Å². The fourth-order valence-electron chi connectivity index (χ4n) is 2.59. The van der Waals surface area contributed by atoms with Gasteiger partial charge in [0.15, 0.2) is 0 Å². The third-order valence-electron chi connectivity index (χ3n) is 4.06. The highest BCUT2D eigenvalue weighted by molar-refractivity contribution is 7.07. The number of aromatic nitrogens is 1. The van der Waals surface area contributed by atoms with Crippen LogP contribution in [-0.2, 0) is 6.42 Å². The van der Waals surface area contributed by atoms with Crippen molar-refractivity contribution >= 4 is 17.4 Å². The molecule has 1 heterocycles. The van der Waals surface area contributed by atoms with Gasteiger partial charge in [-0.15, -0.1) is 11.3 Å². The van der Waals surface area contributed by atoms with Crippen LogP contribution in [0.4, 0.5) is 4.79 Å². The van der Waals surface area contributed by atoms with Crippen molar-refractivity contribution in [2.75, 3.05) is 6.54 Å². The molecule has 1 N–H and O–H groups in total. The van der Waals surface area contributed by atoms with Gasteiger partial charge in [0.25, 0.3) is 0 Å². The van der Waals surface area contributed by atoms with Gasteiger partial charge in [-0.3, -0.25) is 0 Å². The number of nitrogens with one attached hydrogen (secondary N) is 1. The van der Waals surface area contributed by atoms with E-state index in [9.17, 15) is 4.79 Å². The van der Waals surface area contributed by atoms with E-state index in [2.05, 4.69) is 22.1 Å². The van der Waals surface area contributed by atoms with E-state index < -0.39 is 0 Å². The minimum Gasteiger partial charge on any atom is -0.338 e. The van der Waals surface area contributed by atoms with Crippen LogP contribution in [-0.4, -0.2) is 34.5 Å². The first-order valence-electron chi connectivity index (χ1n) is 7.19. The third kappa shape index (κ3) is 3.26. The molecule has 4 nitrogen and oxygen atoms in total. The van der Waals surface area contributed by atoms with E-state index in [-0.39, 0.29) is 6.03 Å². The van der Waals surface area contributed by atoms with Crippen molar-refractivity contribution in [1.82, 2.24) is 15.2 Å². The molecule has 0 aromatic carbocycles. The summed E-state index contributed by atoms with van der Waals surface area (Å²) in [6.45, 7) is 2.89. The van der Waals surface area contributed by atoms with Crippen LogP contribution in [0.1, 0.15) is 38.3 Å². The topological polar surface area (TPSA) is 45.2 Å². The number of hydrogen-bond acceptors (Lipinski definition) is 3. The van der Waals surface area contributed by atoms with Crippen LogP contribution in [0.2, 0.25) is 0 Å². The van der Waals surface area contributed by atoms with Gasteiger partial charge in [0.2, 0.25) is 0 Å². The minimum absolute atomic E-state index is 0.122. The molecule has 0 bridgehead atoms. The molecular weight excluding hydrogens is 258 g/mol. The summed E-state index contributed by atoms with van der Waals surface area (Å²) in [7, 11) is 0. The molecule has 5 heteroatoms. The number of carbonyl (C=O) groups is 1. The smallest absolute Gasteiger partial charge is 0.317 e. The number of urea groups is 1. The Labute approximate surface area is 118 Å². The monoisotopic (exact) mass is 279 g/mol. The molecule has 0 spiro atoms. The maximum atomic E-state index is 12.3. The van der Waals surface area contributed by atoms with Gasteiger partial charge in [0, 0.05) is 30.4 Å². The second kappa shape index (κ2) is 5.49. The van der Waals surface area contributed by atoms with Gasteiger partial charge in [-0.2, -0.15) is 0 Å². The Bertz CT molecular complexity index is 426. The normalized spacial score (nSPS) is 20.1. The van der Waals surface area contributed by atoms with Gasteiger partial charge in [-0.1, -0.05) is 0 Å². The lowest BCUT2D eigenvalue weighted by Gasteiger charge is -2.29. The summed E-state index contributed by atoms with van der Waals surface area (Å²) >= 11 is 1.60. The Balaban J connectivity index is 1.49. The summed E-state index contributed by atoms with van der Waals surface area (Å²) < 4.78 is 0. The highest BCUT2D eigenvalue weighted by Gasteiger charge is 2.41. The van der Waals surface area contributed by atoms with E-state index in [1.807, 2.05) is 10.9 Å². The van der Waals surface area contributed by atoms with E-state index in [4.69, 9.17) is 0 Å². The van der Waals surface area contributed by atoms with Crippen molar-refractivity contribution in [3.8, 4) is 0 Å². The Morgan fingerprint density at radius 2 is 2.32 bits per heavy atom. The predicted octanol–water partition coefficient (Wildman–Crippen LogP) is 2.66. The summed E-state index contributed by atoms with van der Waals surface area (Å²) in [4.78, 5) is 18.7. The molecule has 2 aliphatic rings.